The van der Waals surface area contributed by atoms with Crippen LogP contribution in [0.5, 0.6) is 0 Å². The second-order valence-corrected chi connectivity index (χ2v) is 9.26. The lowest BCUT2D eigenvalue weighted by molar-refractivity contribution is 0.549. The van der Waals surface area contributed by atoms with Gasteiger partial charge in [0.2, 0.25) is 10.0 Å². The average Bonchev–Trinajstić information content (AvgIpc) is 2.56. The monoisotopic (exact) mass is 396 g/mol. The fourth-order valence-electron chi connectivity index (χ4n) is 2.59. The van der Waals surface area contributed by atoms with Crippen molar-refractivity contribution in [2.45, 2.75) is 65.8 Å². The Morgan fingerprint density at radius 1 is 1.04 bits per heavy atom. The largest absolute Gasteiger partial charge is 0.357 e. The van der Waals surface area contributed by atoms with Gasteiger partial charge in [-0.1, -0.05) is 38.1 Å². The number of hydrogen-bond donors (Lipinski definition) is 3. The third kappa shape index (κ3) is 11.0. The zero-order chi connectivity index (χ0) is 20.3. The van der Waals surface area contributed by atoms with E-state index in [0.717, 1.165) is 36.6 Å². The maximum atomic E-state index is 12.0. The maximum Gasteiger partial charge on any atom is 0.216 e. The zero-order valence-corrected chi connectivity index (χ0v) is 18.2. The van der Waals surface area contributed by atoms with E-state index in [1.807, 2.05) is 45.0 Å². The van der Waals surface area contributed by atoms with Gasteiger partial charge in [-0.25, -0.2) is 18.1 Å². The first-order valence-corrected chi connectivity index (χ1v) is 11.5. The van der Waals surface area contributed by atoms with Gasteiger partial charge in [0.25, 0.3) is 0 Å². The molecule has 7 heteroatoms. The van der Waals surface area contributed by atoms with Crippen LogP contribution in [0.1, 0.15) is 58.6 Å². The molecule has 0 aromatic heterocycles. The van der Waals surface area contributed by atoms with Crippen molar-refractivity contribution in [3.8, 4) is 0 Å². The highest BCUT2D eigenvalue weighted by atomic mass is 32.2. The van der Waals surface area contributed by atoms with Crippen LogP contribution in [0.3, 0.4) is 0 Å². The molecule has 0 unspecified atom stereocenters. The first kappa shape index (κ1) is 23.4. The summed E-state index contributed by atoms with van der Waals surface area (Å²) in [5, 5.41) is 6.61. The molecule has 0 amide bonds. The molecule has 0 spiro atoms. The Kier molecular flexibility index (Phi) is 10.4. The van der Waals surface area contributed by atoms with Crippen molar-refractivity contribution in [1.82, 2.24) is 15.4 Å². The van der Waals surface area contributed by atoms with Gasteiger partial charge in [0, 0.05) is 19.1 Å². The third-order valence-electron chi connectivity index (χ3n) is 3.81. The van der Waals surface area contributed by atoms with Crippen molar-refractivity contribution >= 4 is 16.0 Å². The lowest BCUT2D eigenvalue weighted by Crippen LogP contribution is -2.37. The highest BCUT2D eigenvalue weighted by Crippen LogP contribution is 2.09. The second-order valence-electron chi connectivity index (χ2n) is 7.51. The predicted molar refractivity (Wildman–Crippen MR) is 114 cm³/mol. The SMILES string of the molecule is CCNC(=NCc1ccc(CS(=O)(=O)NC(C)C)cc1)NCCCC(C)C. The molecule has 3 N–H and O–H groups in total. The molecule has 1 aromatic carbocycles. The molecular formula is C20H36N4O2S. The second kappa shape index (κ2) is 12.0. The molecule has 0 radical (unpaired) electrons. The molecule has 0 fully saturated rings. The molecule has 27 heavy (non-hydrogen) atoms. The van der Waals surface area contributed by atoms with Gasteiger partial charge in [0.15, 0.2) is 5.96 Å². The maximum absolute atomic E-state index is 12.0. The minimum Gasteiger partial charge on any atom is -0.357 e. The molecule has 6 nitrogen and oxygen atoms in total. The van der Waals surface area contributed by atoms with Crippen LogP contribution in [-0.2, 0) is 22.3 Å². The van der Waals surface area contributed by atoms with E-state index in [-0.39, 0.29) is 11.8 Å². The van der Waals surface area contributed by atoms with Crippen molar-refractivity contribution < 1.29 is 8.42 Å². The summed E-state index contributed by atoms with van der Waals surface area (Å²) in [5.74, 6) is 1.52. The van der Waals surface area contributed by atoms with Gasteiger partial charge < -0.3 is 10.6 Å². The molecule has 1 rings (SSSR count). The lowest BCUT2D eigenvalue weighted by Gasteiger charge is -2.12. The van der Waals surface area contributed by atoms with Crippen LogP contribution in [0.4, 0.5) is 0 Å². The van der Waals surface area contributed by atoms with Crippen LogP contribution >= 0.6 is 0 Å². The Bertz CT molecular complexity index is 668. The molecule has 0 aliphatic rings. The smallest absolute Gasteiger partial charge is 0.216 e. The number of guanidine groups is 1. The van der Waals surface area contributed by atoms with Crippen molar-refractivity contribution in [2.24, 2.45) is 10.9 Å². The van der Waals surface area contributed by atoms with E-state index in [9.17, 15) is 8.42 Å². The number of nitrogens with zero attached hydrogens (tertiary/aromatic N) is 1. The first-order valence-electron chi connectivity index (χ1n) is 9.81. The van der Waals surface area contributed by atoms with E-state index >= 15 is 0 Å². The van der Waals surface area contributed by atoms with E-state index < -0.39 is 10.0 Å². The first-order chi connectivity index (χ1) is 12.7. The molecule has 0 aliphatic heterocycles. The molecule has 0 saturated heterocycles. The van der Waals surface area contributed by atoms with Crippen LogP contribution in [0.15, 0.2) is 29.3 Å². The van der Waals surface area contributed by atoms with Gasteiger partial charge in [-0.05, 0) is 50.7 Å². The number of aliphatic imine (C=N–C) groups is 1. The summed E-state index contributed by atoms with van der Waals surface area (Å²) in [6.45, 7) is 12.4. The summed E-state index contributed by atoms with van der Waals surface area (Å²) in [6.07, 6.45) is 2.32. The van der Waals surface area contributed by atoms with Crippen molar-refractivity contribution in [2.75, 3.05) is 13.1 Å². The van der Waals surface area contributed by atoms with Crippen molar-refractivity contribution in [1.29, 1.82) is 0 Å². The standard InChI is InChI=1S/C20H36N4O2S/c1-6-21-20(22-13-7-8-16(2)3)23-14-18-9-11-19(12-10-18)15-27(25,26)24-17(4)5/h9-12,16-17,24H,6-8,13-15H2,1-5H3,(H2,21,22,23). The Hall–Kier alpha value is -1.60. The van der Waals surface area contributed by atoms with Crippen LogP contribution in [-0.4, -0.2) is 33.5 Å². The third-order valence-corrected chi connectivity index (χ3v) is 5.35. The number of nitrogens with one attached hydrogen (secondary N) is 3. The molecule has 0 saturated carbocycles. The molecule has 0 aliphatic carbocycles. The number of sulfonamides is 1. The molecule has 154 valence electrons. The predicted octanol–water partition coefficient (Wildman–Crippen LogP) is 3.01. The Morgan fingerprint density at radius 3 is 2.22 bits per heavy atom. The van der Waals surface area contributed by atoms with Crippen LogP contribution < -0.4 is 15.4 Å². The van der Waals surface area contributed by atoms with Crippen LogP contribution in [0.25, 0.3) is 0 Å². The summed E-state index contributed by atoms with van der Waals surface area (Å²) < 4.78 is 26.6. The quantitative estimate of drug-likeness (QED) is 0.305. The fourth-order valence-corrected chi connectivity index (χ4v) is 4.02. The van der Waals surface area contributed by atoms with Gasteiger partial charge in [0.05, 0.1) is 12.3 Å². The molecular weight excluding hydrogens is 360 g/mol. The molecule has 0 bridgehead atoms. The minimum atomic E-state index is -3.30. The summed E-state index contributed by atoms with van der Waals surface area (Å²) >= 11 is 0. The molecule has 1 aromatic rings. The summed E-state index contributed by atoms with van der Waals surface area (Å²) in [4.78, 5) is 4.61. The van der Waals surface area contributed by atoms with Gasteiger partial charge in [-0.15, -0.1) is 0 Å². The average molecular weight is 397 g/mol. The molecule has 0 heterocycles. The summed E-state index contributed by atoms with van der Waals surface area (Å²) in [6, 6.07) is 7.49. The van der Waals surface area contributed by atoms with E-state index in [1.54, 1.807) is 0 Å². The Morgan fingerprint density at radius 2 is 1.67 bits per heavy atom. The Labute approximate surface area is 165 Å². The van der Waals surface area contributed by atoms with Crippen molar-refractivity contribution in [3.05, 3.63) is 35.4 Å². The van der Waals surface area contributed by atoms with Gasteiger partial charge in [-0.3, -0.25) is 0 Å². The van der Waals surface area contributed by atoms with Crippen LogP contribution in [0.2, 0.25) is 0 Å². The topological polar surface area (TPSA) is 82.6 Å². The highest BCUT2D eigenvalue weighted by molar-refractivity contribution is 7.88. The van der Waals surface area contributed by atoms with Gasteiger partial charge in [-0.2, -0.15) is 0 Å². The number of rotatable bonds is 11. The fraction of sp³-hybridized carbons (Fsp3) is 0.650. The van der Waals surface area contributed by atoms with Gasteiger partial charge >= 0.3 is 0 Å². The summed E-state index contributed by atoms with van der Waals surface area (Å²) in [7, 11) is -3.30. The van der Waals surface area contributed by atoms with E-state index in [4.69, 9.17) is 0 Å². The molecule has 0 atom stereocenters. The van der Waals surface area contributed by atoms with Crippen molar-refractivity contribution in [3.63, 3.8) is 0 Å². The zero-order valence-electron chi connectivity index (χ0n) is 17.4. The van der Waals surface area contributed by atoms with E-state index in [2.05, 4.69) is 34.2 Å². The summed E-state index contributed by atoms with van der Waals surface area (Å²) in [5.41, 5.74) is 1.82. The number of benzene rings is 1. The number of hydrogen-bond acceptors (Lipinski definition) is 3. The van der Waals surface area contributed by atoms with E-state index in [0.29, 0.717) is 12.5 Å². The van der Waals surface area contributed by atoms with Gasteiger partial charge in [0.1, 0.15) is 0 Å². The lowest BCUT2D eigenvalue weighted by atomic mass is 10.1. The highest BCUT2D eigenvalue weighted by Gasteiger charge is 2.12. The normalized spacial score (nSPS) is 12.6. The van der Waals surface area contributed by atoms with E-state index in [1.165, 1.54) is 6.42 Å². The minimum absolute atomic E-state index is 0.00518. The Balaban J connectivity index is 2.59. The van der Waals surface area contributed by atoms with Crippen LogP contribution in [0, 0.1) is 5.92 Å².